The van der Waals surface area contributed by atoms with E-state index >= 15 is 0 Å². The molecule has 1 N–H and O–H groups in total. The Bertz CT molecular complexity index is 567. The molecule has 0 unspecified atom stereocenters. The molecule has 106 valence electrons. The van der Waals surface area contributed by atoms with Crippen molar-refractivity contribution in [2.45, 2.75) is 19.4 Å². The van der Waals surface area contributed by atoms with Crippen LogP contribution in [-0.2, 0) is 11.3 Å². The number of nitrogens with zero attached hydrogens (tertiary/aromatic N) is 2. The summed E-state index contributed by atoms with van der Waals surface area (Å²) in [6, 6.07) is 7.80. The van der Waals surface area contributed by atoms with Crippen LogP contribution < -0.4 is 5.32 Å². The predicted molar refractivity (Wildman–Crippen MR) is 76.1 cm³/mol. The van der Waals surface area contributed by atoms with Gasteiger partial charge in [-0.2, -0.15) is 0 Å². The van der Waals surface area contributed by atoms with Gasteiger partial charge in [0.15, 0.2) is 5.58 Å². The van der Waals surface area contributed by atoms with E-state index in [-0.39, 0.29) is 11.8 Å². The predicted octanol–water partition coefficient (Wildman–Crippen LogP) is 1.79. The lowest BCUT2D eigenvalue weighted by molar-refractivity contribution is -0.125. The number of para-hydroxylation sites is 2. The Morgan fingerprint density at radius 1 is 1.40 bits per heavy atom. The first-order valence-corrected chi connectivity index (χ1v) is 7.04. The zero-order valence-corrected chi connectivity index (χ0v) is 11.6. The van der Waals surface area contributed by atoms with E-state index in [9.17, 15) is 4.79 Å². The normalized spacial score (nSPS) is 17.4. The fourth-order valence-electron chi connectivity index (χ4n) is 2.74. The number of oxazole rings is 1. The zero-order chi connectivity index (χ0) is 13.9. The van der Waals surface area contributed by atoms with E-state index in [1.54, 1.807) is 7.05 Å². The molecular formula is C15H19N3O2. The summed E-state index contributed by atoms with van der Waals surface area (Å²) < 4.78 is 5.73. The van der Waals surface area contributed by atoms with Crippen LogP contribution in [0.2, 0.25) is 0 Å². The molecule has 2 heterocycles. The average molecular weight is 273 g/mol. The molecule has 1 aromatic heterocycles. The van der Waals surface area contributed by atoms with Gasteiger partial charge in [0.1, 0.15) is 5.52 Å². The van der Waals surface area contributed by atoms with E-state index in [2.05, 4.69) is 15.2 Å². The Hall–Kier alpha value is -1.88. The maximum Gasteiger partial charge on any atom is 0.222 e. The van der Waals surface area contributed by atoms with E-state index < -0.39 is 0 Å². The van der Waals surface area contributed by atoms with E-state index in [0.29, 0.717) is 0 Å². The number of carbonyl (C=O) groups is 1. The third-order valence-corrected chi connectivity index (χ3v) is 3.90. The van der Waals surface area contributed by atoms with Crippen molar-refractivity contribution in [1.82, 2.24) is 15.2 Å². The lowest BCUT2D eigenvalue weighted by atomic mass is 9.96. The number of rotatable bonds is 3. The maximum absolute atomic E-state index is 11.6. The van der Waals surface area contributed by atoms with Crippen molar-refractivity contribution in [3.05, 3.63) is 30.2 Å². The minimum Gasteiger partial charge on any atom is -0.439 e. The van der Waals surface area contributed by atoms with Crippen LogP contribution in [0.3, 0.4) is 0 Å². The molecular weight excluding hydrogens is 254 g/mol. The zero-order valence-electron chi connectivity index (χ0n) is 11.6. The van der Waals surface area contributed by atoms with Crippen molar-refractivity contribution in [2.75, 3.05) is 20.1 Å². The number of likely N-dealkylation sites (tertiary alicyclic amines) is 1. The van der Waals surface area contributed by atoms with E-state index in [1.807, 2.05) is 24.3 Å². The molecule has 0 aliphatic carbocycles. The summed E-state index contributed by atoms with van der Waals surface area (Å²) in [5.74, 6) is 1.07. The quantitative estimate of drug-likeness (QED) is 0.926. The van der Waals surface area contributed by atoms with Gasteiger partial charge in [0.25, 0.3) is 0 Å². The second-order valence-corrected chi connectivity index (χ2v) is 5.24. The maximum atomic E-state index is 11.6. The Morgan fingerprint density at radius 3 is 2.85 bits per heavy atom. The highest BCUT2D eigenvalue weighted by molar-refractivity contribution is 5.78. The number of benzene rings is 1. The fraction of sp³-hybridized carbons (Fsp3) is 0.467. The van der Waals surface area contributed by atoms with Crippen molar-refractivity contribution in [3.8, 4) is 0 Å². The topological polar surface area (TPSA) is 58.4 Å². The van der Waals surface area contributed by atoms with Crippen molar-refractivity contribution < 1.29 is 9.21 Å². The second kappa shape index (κ2) is 5.63. The summed E-state index contributed by atoms with van der Waals surface area (Å²) >= 11 is 0. The Labute approximate surface area is 118 Å². The summed E-state index contributed by atoms with van der Waals surface area (Å²) in [4.78, 5) is 18.4. The number of fused-ring (bicyclic) bond motifs is 1. The van der Waals surface area contributed by atoms with Gasteiger partial charge in [-0.05, 0) is 38.1 Å². The summed E-state index contributed by atoms with van der Waals surface area (Å²) in [6.07, 6.45) is 1.81. The number of hydrogen-bond acceptors (Lipinski definition) is 4. The lowest BCUT2D eigenvalue weighted by Crippen LogP contribution is -2.39. The van der Waals surface area contributed by atoms with Crippen LogP contribution in [0.25, 0.3) is 11.1 Å². The smallest absolute Gasteiger partial charge is 0.222 e. The monoisotopic (exact) mass is 273 g/mol. The van der Waals surface area contributed by atoms with Gasteiger partial charge in [0.05, 0.1) is 6.54 Å². The van der Waals surface area contributed by atoms with Crippen LogP contribution >= 0.6 is 0 Å². The first kappa shape index (κ1) is 13.1. The first-order valence-electron chi connectivity index (χ1n) is 7.04. The molecule has 20 heavy (non-hydrogen) atoms. The van der Waals surface area contributed by atoms with Crippen molar-refractivity contribution in [1.29, 1.82) is 0 Å². The summed E-state index contributed by atoms with van der Waals surface area (Å²) in [5, 5.41) is 2.73. The van der Waals surface area contributed by atoms with Gasteiger partial charge in [0.2, 0.25) is 11.8 Å². The molecule has 0 bridgehead atoms. The molecule has 1 fully saturated rings. The highest BCUT2D eigenvalue weighted by Gasteiger charge is 2.24. The third-order valence-electron chi connectivity index (χ3n) is 3.90. The standard InChI is InChI=1S/C15H19N3O2/c1-16-15(19)11-6-8-18(9-7-11)10-14-17-12-4-2-3-5-13(12)20-14/h2-5,11H,6-10H2,1H3,(H,16,19). The Kier molecular flexibility index (Phi) is 3.69. The SMILES string of the molecule is CNC(=O)C1CCN(Cc2nc3ccccc3o2)CC1. The molecule has 0 atom stereocenters. The molecule has 0 radical (unpaired) electrons. The van der Waals surface area contributed by atoms with Gasteiger partial charge in [-0.3, -0.25) is 9.69 Å². The van der Waals surface area contributed by atoms with Crippen LogP contribution in [0.1, 0.15) is 18.7 Å². The fourth-order valence-corrected chi connectivity index (χ4v) is 2.74. The van der Waals surface area contributed by atoms with Gasteiger partial charge in [-0.1, -0.05) is 12.1 Å². The van der Waals surface area contributed by atoms with Crippen LogP contribution in [0.15, 0.2) is 28.7 Å². The molecule has 1 aromatic carbocycles. The summed E-state index contributed by atoms with van der Waals surface area (Å²) in [7, 11) is 1.70. The van der Waals surface area contributed by atoms with Crippen molar-refractivity contribution >= 4 is 17.0 Å². The third kappa shape index (κ3) is 2.67. The van der Waals surface area contributed by atoms with Crippen molar-refractivity contribution in [3.63, 3.8) is 0 Å². The summed E-state index contributed by atoms with van der Waals surface area (Å²) in [5.41, 5.74) is 1.74. The highest BCUT2D eigenvalue weighted by Crippen LogP contribution is 2.21. The number of carbonyl (C=O) groups excluding carboxylic acids is 1. The van der Waals surface area contributed by atoms with E-state index in [1.165, 1.54) is 0 Å². The minimum absolute atomic E-state index is 0.153. The van der Waals surface area contributed by atoms with Crippen LogP contribution in [0.4, 0.5) is 0 Å². The van der Waals surface area contributed by atoms with E-state index in [4.69, 9.17) is 4.42 Å². The number of hydrogen-bond donors (Lipinski definition) is 1. The molecule has 1 aliphatic heterocycles. The summed E-state index contributed by atoms with van der Waals surface area (Å²) in [6.45, 7) is 2.54. The molecule has 1 aliphatic rings. The number of piperidine rings is 1. The Morgan fingerprint density at radius 2 is 2.15 bits per heavy atom. The molecule has 2 aromatic rings. The van der Waals surface area contributed by atoms with Crippen LogP contribution in [0, 0.1) is 5.92 Å². The van der Waals surface area contributed by atoms with Gasteiger partial charge in [-0.15, -0.1) is 0 Å². The van der Waals surface area contributed by atoms with Crippen molar-refractivity contribution in [2.24, 2.45) is 5.92 Å². The molecule has 0 spiro atoms. The largest absolute Gasteiger partial charge is 0.439 e. The van der Waals surface area contributed by atoms with Gasteiger partial charge in [-0.25, -0.2) is 4.98 Å². The molecule has 3 rings (SSSR count). The van der Waals surface area contributed by atoms with Crippen LogP contribution in [-0.4, -0.2) is 35.9 Å². The van der Waals surface area contributed by atoms with Gasteiger partial charge < -0.3 is 9.73 Å². The average Bonchev–Trinajstić information content (AvgIpc) is 2.89. The van der Waals surface area contributed by atoms with Gasteiger partial charge >= 0.3 is 0 Å². The lowest BCUT2D eigenvalue weighted by Gasteiger charge is -2.29. The first-order chi connectivity index (χ1) is 9.76. The van der Waals surface area contributed by atoms with Gasteiger partial charge in [0, 0.05) is 13.0 Å². The molecule has 5 nitrogen and oxygen atoms in total. The molecule has 5 heteroatoms. The number of aromatic nitrogens is 1. The minimum atomic E-state index is 0.153. The Balaban J connectivity index is 1.60. The molecule has 1 amide bonds. The number of amides is 1. The molecule has 0 saturated carbocycles. The molecule has 1 saturated heterocycles. The number of nitrogens with one attached hydrogen (secondary N) is 1. The highest BCUT2D eigenvalue weighted by atomic mass is 16.3. The van der Waals surface area contributed by atoms with E-state index in [0.717, 1.165) is 49.5 Å². The second-order valence-electron chi connectivity index (χ2n) is 5.24. The van der Waals surface area contributed by atoms with Crippen LogP contribution in [0.5, 0.6) is 0 Å².